The van der Waals surface area contributed by atoms with Crippen molar-refractivity contribution in [2.45, 2.75) is 180 Å². The van der Waals surface area contributed by atoms with Crippen molar-refractivity contribution in [3.8, 4) is 0 Å². The number of hydrogen-bond acceptors (Lipinski definition) is 8. The number of rotatable bonds is 20. The van der Waals surface area contributed by atoms with Gasteiger partial charge in [-0.25, -0.2) is 0 Å². The third kappa shape index (κ3) is 11.4. The molecule has 5 fully saturated rings. The average molecular weight is 801 g/mol. The molecular weight excluding hydrogens is 721 g/mol. The highest BCUT2D eigenvalue weighted by Crippen LogP contribution is 2.55. The molecule has 4 saturated carbocycles. The Hall–Kier alpha value is 0.548. The van der Waals surface area contributed by atoms with E-state index < -0.39 is 34.2 Å². The zero-order valence-electron chi connectivity index (χ0n) is 34.9. The Morgan fingerprint density at radius 2 is 0.519 bits per heavy atom. The van der Waals surface area contributed by atoms with Crippen molar-refractivity contribution in [3.05, 3.63) is 0 Å². The van der Waals surface area contributed by atoms with E-state index in [1.54, 1.807) is 0 Å². The Morgan fingerprint density at radius 3 is 0.673 bits per heavy atom. The SMILES string of the molecule is CC(C)COC[Si]1(C2CCCC2)O[Si](COCC(C)C)(C2CCCC2)O[Si](COCC(C)C)(C2CCCC2)O[Si](COCC(C)C)(C2CCCC2)O1. The van der Waals surface area contributed by atoms with E-state index in [0.29, 0.717) is 97.2 Å². The Morgan fingerprint density at radius 1 is 0.346 bits per heavy atom. The minimum Gasteiger partial charge on any atom is -0.412 e. The lowest BCUT2D eigenvalue weighted by Crippen LogP contribution is -2.77. The lowest BCUT2D eigenvalue weighted by atomic mass is 10.2. The smallest absolute Gasteiger partial charge is 0.350 e. The first-order chi connectivity index (χ1) is 24.9. The van der Waals surface area contributed by atoms with Crippen molar-refractivity contribution in [3.63, 3.8) is 0 Å². The van der Waals surface area contributed by atoms with Gasteiger partial charge in [0, 0.05) is 48.6 Å². The Kier molecular flexibility index (Phi) is 17.0. The van der Waals surface area contributed by atoms with Crippen molar-refractivity contribution in [1.29, 1.82) is 0 Å². The minimum atomic E-state index is -3.14. The second-order valence-electron chi connectivity index (χ2n) is 19.2. The molecule has 4 aliphatic carbocycles. The van der Waals surface area contributed by atoms with Crippen LogP contribution >= 0.6 is 0 Å². The van der Waals surface area contributed by atoms with Crippen molar-refractivity contribution in [2.75, 3.05) is 51.3 Å². The van der Waals surface area contributed by atoms with Gasteiger partial charge in [-0.2, -0.15) is 0 Å². The molecule has 0 aromatic rings. The molecule has 1 aliphatic heterocycles. The number of hydrogen-bond donors (Lipinski definition) is 0. The highest BCUT2D eigenvalue weighted by atomic mass is 28.5. The van der Waals surface area contributed by atoms with Gasteiger partial charge in [-0.15, -0.1) is 0 Å². The molecule has 12 heteroatoms. The molecule has 1 saturated heterocycles. The lowest BCUT2D eigenvalue weighted by molar-refractivity contribution is 0.0613. The van der Waals surface area contributed by atoms with Crippen LogP contribution in [-0.4, -0.2) is 85.6 Å². The van der Waals surface area contributed by atoms with Crippen LogP contribution in [0.25, 0.3) is 0 Å². The topological polar surface area (TPSA) is 73.8 Å². The maximum atomic E-state index is 8.34. The van der Waals surface area contributed by atoms with Crippen LogP contribution in [0.15, 0.2) is 0 Å². The van der Waals surface area contributed by atoms with Crippen molar-refractivity contribution in [2.24, 2.45) is 23.7 Å². The first-order valence-electron chi connectivity index (χ1n) is 22.0. The molecule has 0 bridgehead atoms. The maximum Gasteiger partial charge on any atom is 0.350 e. The van der Waals surface area contributed by atoms with Gasteiger partial charge in [0.2, 0.25) is 0 Å². The van der Waals surface area contributed by atoms with Crippen LogP contribution in [0, 0.1) is 23.7 Å². The molecule has 0 N–H and O–H groups in total. The van der Waals surface area contributed by atoms with Gasteiger partial charge >= 0.3 is 34.2 Å². The Labute approximate surface area is 323 Å². The van der Waals surface area contributed by atoms with Gasteiger partial charge < -0.3 is 35.4 Å². The molecule has 52 heavy (non-hydrogen) atoms. The van der Waals surface area contributed by atoms with Gasteiger partial charge in [-0.3, -0.25) is 0 Å². The standard InChI is InChI=1S/C40H80O8Si4/c1-33(2)25-41-29-49(37-17-9-10-18-37)45-50(30-42-26-34(3)4,38-19-11-12-20-38)47-52(32-44-28-36(7)8,40-23-15-16-24-40)48-51(46-49,31-43-27-35(5)6)39-21-13-14-22-39/h33-40H,9-32H2,1-8H3. The van der Waals surface area contributed by atoms with E-state index in [1.165, 1.54) is 51.4 Å². The highest BCUT2D eigenvalue weighted by Gasteiger charge is 2.70. The lowest BCUT2D eigenvalue weighted by Gasteiger charge is -2.57. The summed E-state index contributed by atoms with van der Waals surface area (Å²) in [7, 11) is -12.6. The van der Waals surface area contributed by atoms with Gasteiger partial charge in [0.1, 0.15) is 0 Å². The fourth-order valence-corrected chi connectivity index (χ4v) is 36.3. The van der Waals surface area contributed by atoms with E-state index in [2.05, 4.69) is 55.4 Å². The van der Waals surface area contributed by atoms with Crippen molar-refractivity contribution < 1.29 is 35.4 Å². The van der Waals surface area contributed by atoms with Crippen LogP contribution in [-0.2, 0) is 35.4 Å². The van der Waals surface area contributed by atoms with Crippen LogP contribution < -0.4 is 0 Å². The van der Waals surface area contributed by atoms with Gasteiger partial charge in [0.05, 0.1) is 24.9 Å². The molecule has 5 rings (SSSR count). The maximum absolute atomic E-state index is 8.34. The summed E-state index contributed by atoms with van der Waals surface area (Å²) in [5, 5.41) is 0. The third-order valence-electron chi connectivity index (χ3n) is 12.3. The molecule has 8 nitrogen and oxygen atoms in total. The van der Waals surface area contributed by atoms with E-state index in [-0.39, 0.29) is 0 Å². The zero-order chi connectivity index (χ0) is 37.2. The van der Waals surface area contributed by atoms with Gasteiger partial charge in [0.15, 0.2) is 0 Å². The molecular formula is C40H80O8Si4. The molecule has 0 amide bonds. The average Bonchev–Trinajstić information content (AvgIpc) is 3.92. The fraction of sp³-hybridized carbons (Fsp3) is 1.00. The predicted octanol–water partition coefficient (Wildman–Crippen LogP) is 10.5. The van der Waals surface area contributed by atoms with E-state index >= 15 is 0 Å². The minimum absolute atomic E-state index is 0.362. The molecule has 0 spiro atoms. The Bertz CT molecular complexity index is 855. The van der Waals surface area contributed by atoms with Gasteiger partial charge in [-0.1, -0.05) is 107 Å². The van der Waals surface area contributed by atoms with Crippen molar-refractivity contribution in [1.82, 2.24) is 0 Å². The van der Waals surface area contributed by atoms with E-state index in [1.807, 2.05) is 0 Å². The third-order valence-corrected chi connectivity index (χ3v) is 33.1. The van der Waals surface area contributed by atoms with E-state index in [0.717, 1.165) is 51.4 Å². The molecule has 5 aliphatic rings. The monoisotopic (exact) mass is 800 g/mol. The predicted molar refractivity (Wildman–Crippen MR) is 219 cm³/mol. The summed E-state index contributed by atoms with van der Waals surface area (Å²) in [5.41, 5.74) is 1.45. The molecule has 0 atom stereocenters. The first-order valence-corrected chi connectivity index (χ1v) is 30.4. The summed E-state index contributed by atoms with van der Waals surface area (Å²) in [4.78, 5) is 0. The normalized spacial score (nSPS) is 33.5. The first kappa shape index (κ1) is 43.7. The van der Waals surface area contributed by atoms with Crippen LogP contribution in [0.4, 0.5) is 0 Å². The van der Waals surface area contributed by atoms with Gasteiger partial charge in [-0.05, 0) is 75.0 Å². The highest BCUT2D eigenvalue weighted by molar-refractivity contribution is 6.96. The molecule has 0 unspecified atom stereocenters. The number of ether oxygens (including phenoxy) is 4. The van der Waals surface area contributed by atoms with E-state index in [4.69, 9.17) is 35.4 Å². The second kappa shape index (κ2) is 20.3. The van der Waals surface area contributed by atoms with Crippen LogP contribution in [0.2, 0.25) is 22.2 Å². The molecule has 0 aromatic carbocycles. The summed E-state index contributed by atoms with van der Waals surface area (Å²) >= 11 is 0. The van der Waals surface area contributed by atoms with Crippen LogP contribution in [0.3, 0.4) is 0 Å². The Balaban J connectivity index is 1.72. The summed E-state index contributed by atoms with van der Waals surface area (Å²) in [6.45, 7) is 20.9. The van der Waals surface area contributed by atoms with E-state index in [9.17, 15) is 0 Å². The molecule has 0 aromatic heterocycles. The van der Waals surface area contributed by atoms with Crippen LogP contribution in [0.1, 0.15) is 158 Å². The summed E-state index contributed by atoms with van der Waals surface area (Å²) in [5.74, 6) is 1.75. The fourth-order valence-electron chi connectivity index (χ4n) is 9.84. The molecule has 0 radical (unpaired) electrons. The second-order valence-corrected chi connectivity index (χ2v) is 33.4. The summed E-state index contributed by atoms with van der Waals surface area (Å²) in [6, 6.07) is 0. The van der Waals surface area contributed by atoms with Crippen LogP contribution in [0.5, 0.6) is 0 Å². The molecule has 304 valence electrons. The zero-order valence-corrected chi connectivity index (χ0v) is 38.9. The largest absolute Gasteiger partial charge is 0.412 e. The van der Waals surface area contributed by atoms with Gasteiger partial charge in [0.25, 0.3) is 0 Å². The molecule has 1 heterocycles. The summed E-state index contributed by atoms with van der Waals surface area (Å²) < 4.78 is 60.7. The summed E-state index contributed by atoms with van der Waals surface area (Å²) in [6.07, 6.45) is 21.2. The van der Waals surface area contributed by atoms with Crippen molar-refractivity contribution >= 4 is 34.2 Å². The quantitative estimate of drug-likeness (QED) is 0.113.